The molecule has 1 rings (SSSR count). The van der Waals surface area contributed by atoms with Gasteiger partial charge in [-0.25, -0.2) is 0 Å². The zero-order valence-electron chi connectivity index (χ0n) is 5.08. The molecule has 0 amide bonds. The molecule has 0 bridgehead atoms. The molecule has 0 radical (unpaired) electrons. The third kappa shape index (κ3) is 1.82. The summed E-state index contributed by atoms with van der Waals surface area (Å²) in [6.45, 7) is 1.39. The molecule has 0 N–H and O–H groups in total. The van der Waals surface area contributed by atoms with E-state index in [1.807, 2.05) is 6.07 Å². The van der Waals surface area contributed by atoms with Crippen LogP contribution in [-0.2, 0) is 4.74 Å². The van der Waals surface area contributed by atoms with Gasteiger partial charge in [-0.05, 0) is 0 Å². The Kier molecular flexibility index (Phi) is 2.22. The monoisotopic (exact) mass is 124 g/mol. The smallest absolute Gasteiger partial charge is 0.105 e. The predicted molar refractivity (Wildman–Crippen MR) is 33.3 cm³/mol. The lowest BCUT2D eigenvalue weighted by atomic mass is 10.3. The highest BCUT2D eigenvalue weighted by Gasteiger charge is 2.07. The van der Waals surface area contributed by atoms with E-state index in [-0.39, 0.29) is 6.10 Å². The Morgan fingerprint density at radius 2 is 2.78 bits per heavy atom. The van der Waals surface area contributed by atoms with Crippen LogP contribution in [0.3, 0.4) is 0 Å². The van der Waals surface area contributed by atoms with Crippen LogP contribution in [0.4, 0.5) is 0 Å². The van der Waals surface area contributed by atoms with Crippen LogP contribution in [0, 0.1) is 11.3 Å². The van der Waals surface area contributed by atoms with E-state index < -0.39 is 0 Å². The maximum atomic E-state index is 8.23. The van der Waals surface area contributed by atoms with Gasteiger partial charge in [0.1, 0.15) is 6.10 Å². The minimum Gasteiger partial charge on any atom is -0.370 e. The molecular weight excluding hydrogens is 116 g/mol. The number of rotatable bonds is 1. The highest BCUT2D eigenvalue weighted by molar-refractivity contribution is 5.64. The second-order valence-corrected chi connectivity index (χ2v) is 1.83. The Bertz CT molecular complexity index is 148. The Morgan fingerprint density at radius 1 is 1.89 bits per heavy atom. The minimum atomic E-state index is -0.0521. The van der Waals surface area contributed by atoms with Crippen molar-refractivity contribution in [2.75, 3.05) is 13.2 Å². The molecule has 3 nitrogen and oxygen atoms in total. The van der Waals surface area contributed by atoms with Crippen LogP contribution in [0.25, 0.3) is 0 Å². The van der Waals surface area contributed by atoms with E-state index in [0.717, 1.165) is 6.54 Å². The summed E-state index contributed by atoms with van der Waals surface area (Å²) in [6, 6.07) is 2.02. The van der Waals surface area contributed by atoms with Gasteiger partial charge in [-0.3, -0.25) is 4.99 Å². The van der Waals surface area contributed by atoms with Gasteiger partial charge in [0.05, 0.1) is 25.6 Å². The molecule has 3 heteroatoms. The van der Waals surface area contributed by atoms with E-state index in [0.29, 0.717) is 13.0 Å². The van der Waals surface area contributed by atoms with Crippen molar-refractivity contribution in [2.24, 2.45) is 4.99 Å². The van der Waals surface area contributed by atoms with Gasteiger partial charge in [-0.15, -0.1) is 0 Å². The molecule has 0 aromatic carbocycles. The highest BCUT2D eigenvalue weighted by atomic mass is 16.5. The molecule has 0 spiro atoms. The van der Waals surface area contributed by atoms with Crippen molar-refractivity contribution < 1.29 is 4.74 Å². The van der Waals surface area contributed by atoms with E-state index in [1.165, 1.54) is 0 Å². The topological polar surface area (TPSA) is 45.4 Å². The van der Waals surface area contributed by atoms with E-state index in [4.69, 9.17) is 10.00 Å². The molecule has 48 valence electrons. The molecule has 1 unspecified atom stereocenters. The zero-order chi connectivity index (χ0) is 6.53. The van der Waals surface area contributed by atoms with Crippen LogP contribution in [0.5, 0.6) is 0 Å². The molecule has 1 aliphatic rings. The molecule has 1 aliphatic heterocycles. The summed E-state index contributed by atoms with van der Waals surface area (Å²) in [5.74, 6) is 0. The average molecular weight is 124 g/mol. The first-order valence-electron chi connectivity index (χ1n) is 2.92. The van der Waals surface area contributed by atoms with Crippen molar-refractivity contribution in [3.63, 3.8) is 0 Å². The second-order valence-electron chi connectivity index (χ2n) is 1.83. The van der Waals surface area contributed by atoms with Gasteiger partial charge in [-0.1, -0.05) is 0 Å². The highest BCUT2D eigenvalue weighted by Crippen LogP contribution is 1.98. The summed E-state index contributed by atoms with van der Waals surface area (Å²) >= 11 is 0. The number of nitrogens with zero attached hydrogens (tertiary/aromatic N) is 2. The molecule has 0 saturated heterocycles. The van der Waals surface area contributed by atoms with Crippen LogP contribution < -0.4 is 0 Å². The summed E-state index contributed by atoms with van der Waals surface area (Å²) < 4.78 is 5.15. The summed E-state index contributed by atoms with van der Waals surface area (Å²) in [7, 11) is 0. The number of aliphatic imine (C=N–C) groups is 1. The normalized spacial score (nSPS) is 25.4. The summed E-state index contributed by atoms with van der Waals surface area (Å²) in [5.41, 5.74) is 0. The number of nitriles is 1. The minimum absolute atomic E-state index is 0.0521. The summed E-state index contributed by atoms with van der Waals surface area (Å²) in [5, 5.41) is 8.23. The molecule has 0 fully saturated rings. The van der Waals surface area contributed by atoms with Gasteiger partial charge in [-0.2, -0.15) is 5.26 Å². The second kappa shape index (κ2) is 3.21. The fourth-order valence-corrected chi connectivity index (χ4v) is 0.694. The third-order valence-corrected chi connectivity index (χ3v) is 1.12. The quantitative estimate of drug-likeness (QED) is 0.507. The number of hydrogen-bond donors (Lipinski definition) is 0. The van der Waals surface area contributed by atoms with Crippen molar-refractivity contribution >= 4 is 6.21 Å². The number of ether oxygens (including phenoxy) is 1. The van der Waals surface area contributed by atoms with Gasteiger partial charge in [0.2, 0.25) is 0 Å². The molecule has 1 atom stereocenters. The Balaban J connectivity index is 2.33. The van der Waals surface area contributed by atoms with E-state index in [2.05, 4.69) is 4.99 Å². The summed E-state index contributed by atoms with van der Waals surface area (Å²) in [4.78, 5) is 3.98. The molecule has 1 heterocycles. The standard InChI is InChI=1S/C6H8N2O/c7-2-1-6-5-8-3-4-9-6/h5-6H,1,3-4H2. The van der Waals surface area contributed by atoms with Gasteiger partial charge < -0.3 is 4.74 Å². The van der Waals surface area contributed by atoms with Crippen LogP contribution in [0.2, 0.25) is 0 Å². The Hall–Kier alpha value is -0.880. The maximum absolute atomic E-state index is 8.23. The SMILES string of the molecule is N#CCC1C=NCCO1. The maximum Gasteiger partial charge on any atom is 0.105 e. The van der Waals surface area contributed by atoms with Crippen LogP contribution in [0.15, 0.2) is 4.99 Å². The Morgan fingerprint density at radius 3 is 3.33 bits per heavy atom. The van der Waals surface area contributed by atoms with E-state index in [1.54, 1.807) is 6.21 Å². The fourth-order valence-electron chi connectivity index (χ4n) is 0.694. The van der Waals surface area contributed by atoms with Crippen molar-refractivity contribution in [2.45, 2.75) is 12.5 Å². The van der Waals surface area contributed by atoms with E-state index >= 15 is 0 Å². The summed E-state index contributed by atoms with van der Waals surface area (Å²) in [6.07, 6.45) is 2.07. The lowest BCUT2D eigenvalue weighted by Crippen LogP contribution is -2.20. The lowest BCUT2D eigenvalue weighted by molar-refractivity contribution is 0.102. The molecular formula is C6H8N2O. The van der Waals surface area contributed by atoms with Crippen molar-refractivity contribution in [3.8, 4) is 6.07 Å². The zero-order valence-corrected chi connectivity index (χ0v) is 5.08. The predicted octanol–water partition coefficient (Wildman–Crippen LogP) is 0.370. The largest absolute Gasteiger partial charge is 0.370 e. The molecule has 0 saturated carbocycles. The molecule has 0 aromatic rings. The van der Waals surface area contributed by atoms with Gasteiger partial charge in [0.15, 0.2) is 0 Å². The lowest BCUT2D eigenvalue weighted by Gasteiger charge is -2.12. The van der Waals surface area contributed by atoms with Crippen LogP contribution in [0.1, 0.15) is 6.42 Å². The molecule has 0 aromatic heterocycles. The fraction of sp³-hybridized carbons (Fsp3) is 0.667. The van der Waals surface area contributed by atoms with E-state index in [9.17, 15) is 0 Å². The van der Waals surface area contributed by atoms with Gasteiger partial charge in [0, 0.05) is 6.21 Å². The first-order valence-corrected chi connectivity index (χ1v) is 2.92. The van der Waals surface area contributed by atoms with Crippen molar-refractivity contribution in [1.82, 2.24) is 0 Å². The van der Waals surface area contributed by atoms with Crippen molar-refractivity contribution in [1.29, 1.82) is 5.26 Å². The van der Waals surface area contributed by atoms with Crippen molar-refractivity contribution in [3.05, 3.63) is 0 Å². The first-order chi connectivity index (χ1) is 4.43. The van der Waals surface area contributed by atoms with Crippen LogP contribution >= 0.6 is 0 Å². The van der Waals surface area contributed by atoms with Gasteiger partial charge >= 0.3 is 0 Å². The molecule has 9 heavy (non-hydrogen) atoms. The van der Waals surface area contributed by atoms with Gasteiger partial charge in [0.25, 0.3) is 0 Å². The third-order valence-electron chi connectivity index (χ3n) is 1.12. The molecule has 0 aliphatic carbocycles. The Labute approximate surface area is 54.0 Å². The first kappa shape index (κ1) is 6.24. The number of hydrogen-bond acceptors (Lipinski definition) is 3. The van der Waals surface area contributed by atoms with Crippen LogP contribution in [-0.4, -0.2) is 25.5 Å². The average Bonchev–Trinajstić information content (AvgIpc) is 1.91.